The van der Waals surface area contributed by atoms with Crippen LogP contribution in [0.4, 0.5) is 0 Å². The largest absolute Gasteiger partial charge is 0.396 e. The fraction of sp³-hybridized carbons (Fsp3) is 0.833. The molecule has 0 aliphatic heterocycles. The van der Waals surface area contributed by atoms with Gasteiger partial charge in [0.25, 0.3) is 0 Å². The monoisotopic (exact) mass is 312 g/mol. The minimum Gasteiger partial charge on any atom is -0.396 e. The number of carbonyl (C=O) groups is 1. The second-order valence-corrected chi connectivity index (χ2v) is 5.78. The molecule has 0 aromatic carbocycles. The molecule has 4 nitrogen and oxygen atoms in total. The maximum absolute atomic E-state index is 11.4. The number of rotatable bonds is 16. The Balaban J connectivity index is 3.16. The molecule has 3 N–H and O–H groups in total. The van der Waals surface area contributed by atoms with E-state index in [1.165, 1.54) is 38.5 Å². The molecule has 0 saturated heterocycles. The van der Waals surface area contributed by atoms with E-state index in [4.69, 9.17) is 5.11 Å². The Labute approximate surface area is 136 Å². The van der Waals surface area contributed by atoms with Crippen LogP contribution in [0.1, 0.15) is 71.1 Å². The number of allylic oxidation sites excluding steroid dienone is 1. The molecule has 0 radical (unpaired) electrons. The van der Waals surface area contributed by atoms with E-state index >= 15 is 0 Å². The van der Waals surface area contributed by atoms with Crippen molar-refractivity contribution in [3.63, 3.8) is 0 Å². The van der Waals surface area contributed by atoms with Crippen molar-refractivity contribution < 1.29 is 9.90 Å². The lowest BCUT2D eigenvalue weighted by molar-refractivity contribution is -0.116. The first kappa shape index (κ1) is 21.1. The van der Waals surface area contributed by atoms with E-state index in [-0.39, 0.29) is 5.91 Å². The fourth-order valence-corrected chi connectivity index (χ4v) is 2.22. The first-order chi connectivity index (χ1) is 10.8. The van der Waals surface area contributed by atoms with Gasteiger partial charge in [0.1, 0.15) is 0 Å². The van der Waals surface area contributed by atoms with Gasteiger partial charge in [0.2, 0.25) is 5.91 Å². The van der Waals surface area contributed by atoms with E-state index in [9.17, 15) is 4.79 Å². The number of aliphatic hydroxyl groups excluding tert-OH is 1. The highest BCUT2D eigenvalue weighted by Gasteiger charge is 1.94. The van der Waals surface area contributed by atoms with Crippen LogP contribution >= 0.6 is 0 Å². The standard InChI is InChI=1S/C18H36N2O2/c1-2-3-4-10-13-18(22)20-16-15-19-14-11-8-6-5-7-9-12-17-21/h10,13,19,21H,2-9,11-12,14-17H2,1H3,(H,20,22)/b13-10+. The molecule has 0 rings (SSSR count). The Kier molecular flexibility index (Phi) is 17.5. The average molecular weight is 312 g/mol. The van der Waals surface area contributed by atoms with Gasteiger partial charge in [-0.3, -0.25) is 4.79 Å². The number of carbonyl (C=O) groups excluding carboxylic acids is 1. The third-order valence-electron chi connectivity index (χ3n) is 3.61. The number of unbranched alkanes of at least 4 members (excludes halogenated alkanes) is 8. The Morgan fingerprint density at radius 3 is 2.27 bits per heavy atom. The molecule has 1 amide bonds. The number of aliphatic hydroxyl groups is 1. The van der Waals surface area contributed by atoms with Gasteiger partial charge in [-0.2, -0.15) is 0 Å². The van der Waals surface area contributed by atoms with Crippen molar-refractivity contribution in [2.75, 3.05) is 26.2 Å². The molecule has 0 aliphatic carbocycles. The van der Waals surface area contributed by atoms with Gasteiger partial charge in [-0.05, 0) is 31.9 Å². The summed E-state index contributed by atoms with van der Waals surface area (Å²) >= 11 is 0. The summed E-state index contributed by atoms with van der Waals surface area (Å²) in [5, 5.41) is 14.9. The van der Waals surface area contributed by atoms with Crippen LogP contribution < -0.4 is 10.6 Å². The summed E-state index contributed by atoms with van der Waals surface area (Å²) in [5.74, 6) is 0.0146. The first-order valence-electron chi connectivity index (χ1n) is 9.07. The molecule has 0 spiro atoms. The molecular weight excluding hydrogens is 276 g/mol. The molecule has 0 aromatic heterocycles. The SMILES string of the molecule is CCCC/C=C/C(=O)NCCNCCCCCCCCCO. The van der Waals surface area contributed by atoms with Crippen molar-refractivity contribution in [1.82, 2.24) is 10.6 Å². The maximum Gasteiger partial charge on any atom is 0.243 e. The van der Waals surface area contributed by atoms with Crippen LogP contribution in [0.15, 0.2) is 12.2 Å². The second-order valence-electron chi connectivity index (χ2n) is 5.78. The summed E-state index contributed by atoms with van der Waals surface area (Å²) in [7, 11) is 0. The lowest BCUT2D eigenvalue weighted by atomic mass is 10.1. The summed E-state index contributed by atoms with van der Waals surface area (Å²) in [6.45, 7) is 5.04. The van der Waals surface area contributed by atoms with Crippen molar-refractivity contribution >= 4 is 5.91 Å². The molecule has 130 valence electrons. The molecule has 0 unspecified atom stereocenters. The highest BCUT2D eigenvalue weighted by molar-refractivity contribution is 5.87. The van der Waals surface area contributed by atoms with Gasteiger partial charge in [0.05, 0.1) is 0 Å². The van der Waals surface area contributed by atoms with Crippen molar-refractivity contribution in [3.05, 3.63) is 12.2 Å². The fourth-order valence-electron chi connectivity index (χ4n) is 2.22. The van der Waals surface area contributed by atoms with Crippen molar-refractivity contribution in [1.29, 1.82) is 0 Å². The third-order valence-corrected chi connectivity index (χ3v) is 3.61. The van der Waals surface area contributed by atoms with Crippen LogP contribution in [0.25, 0.3) is 0 Å². The topological polar surface area (TPSA) is 61.4 Å². The second kappa shape index (κ2) is 18.2. The zero-order chi connectivity index (χ0) is 16.3. The summed E-state index contributed by atoms with van der Waals surface area (Å²) in [4.78, 5) is 11.4. The minimum atomic E-state index is 0.0146. The molecule has 4 heteroatoms. The van der Waals surface area contributed by atoms with E-state index in [1.54, 1.807) is 6.08 Å². The van der Waals surface area contributed by atoms with Crippen molar-refractivity contribution in [2.24, 2.45) is 0 Å². The predicted molar refractivity (Wildman–Crippen MR) is 93.9 cm³/mol. The first-order valence-corrected chi connectivity index (χ1v) is 9.07. The summed E-state index contributed by atoms with van der Waals surface area (Å²) in [5.41, 5.74) is 0. The zero-order valence-corrected chi connectivity index (χ0v) is 14.4. The molecule has 22 heavy (non-hydrogen) atoms. The summed E-state index contributed by atoms with van der Waals surface area (Å²) in [6, 6.07) is 0. The molecular formula is C18H36N2O2. The quantitative estimate of drug-likeness (QED) is 0.303. The van der Waals surface area contributed by atoms with Crippen LogP contribution in [0.2, 0.25) is 0 Å². The summed E-state index contributed by atoms with van der Waals surface area (Å²) in [6.07, 6.45) is 15.3. The predicted octanol–water partition coefficient (Wildman–Crippen LogP) is 3.16. The molecule has 0 atom stereocenters. The molecule has 0 bridgehead atoms. The number of amides is 1. The van der Waals surface area contributed by atoms with E-state index in [1.807, 2.05) is 6.08 Å². The van der Waals surface area contributed by atoms with Gasteiger partial charge in [0.15, 0.2) is 0 Å². The van der Waals surface area contributed by atoms with E-state index in [0.717, 1.165) is 38.8 Å². The molecule has 0 heterocycles. The van der Waals surface area contributed by atoms with Gasteiger partial charge in [-0.25, -0.2) is 0 Å². The minimum absolute atomic E-state index is 0.0146. The lowest BCUT2D eigenvalue weighted by Crippen LogP contribution is -2.31. The van der Waals surface area contributed by atoms with Crippen LogP contribution in [0.5, 0.6) is 0 Å². The van der Waals surface area contributed by atoms with E-state index in [2.05, 4.69) is 17.6 Å². The highest BCUT2D eigenvalue weighted by Crippen LogP contribution is 2.06. The van der Waals surface area contributed by atoms with Crippen molar-refractivity contribution in [2.45, 2.75) is 71.1 Å². The zero-order valence-electron chi connectivity index (χ0n) is 14.4. The molecule has 0 aromatic rings. The lowest BCUT2D eigenvalue weighted by Gasteiger charge is -2.05. The van der Waals surface area contributed by atoms with Gasteiger partial charge in [0, 0.05) is 19.7 Å². The Hall–Kier alpha value is -0.870. The number of nitrogens with one attached hydrogen (secondary N) is 2. The number of hydrogen-bond donors (Lipinski definition) is 3. The Bertz CT molecular complexity index is 268. The van der Waals surface area contributed by atoms with Crippen LogP contribution in [-0.2, 0) is 4.79 Å². The van der Waals surface area contributed by atoms with E-state index < -0.39 is 0 Å². The molecule has 0 fully saturated rings. The maximum atomic E-state index is 11.4. The van der Waals surface area contributed by atoms with Gasteiger partial charge < -0.3 is 15.7 Å². The smallest absolute Gasteiger partial charge is 0.243 e. The van der Waals surface area contributed by atoms with Crippen molar-refractivity contribution in [3.8, 4) is 0 Å². The van der Waals surface area contributed by atoms with Gasteiger partial charge in [-0.15, -0.1) is 0 Å². The molecule has 0 saturated carbocycles. The average Bonchev–Trinajstić information content (AvgIpc) is 2.52. The Morgan fingerprint density at radius 1 is 0.909 bits per heavy atom. The summed E-state index contributed by atoms with van der Waals surface area (Å²) < 4.78 is 0. The van der Waals surface area contributed by atoms with Crippen LogP contribution in [0, 0.1) is 0 Å². The van der Waals surface area contributed by atoms with Gasteiger partial charge >= 0.3 is 0 Å². The normalized spacial score (nSPS) is 11.2. The van der Waals surface area contributed by atoms with E-state index in [0.29, 0.717) is 13.2 Å². The van der Waals surface area contributed by atoms with Gasteiger partial charge in [-0.1, -0.05) is 57.9 Å². The molecule has 0 aliphatic rings. The number of hydrogen-bond acceptors (Lipinski definition) is 3. The highest BCUT2D eigenvalue weighted by atomic mass is 16.2. The van der Waals surface area contributed by atoms with Crippen LogP contribution in [0.3, 0.4) is 0 Å². The Morgan fingerprint density at radius 2 is 1.59 bits per heavy atom. The van der Waals surface area contributed by atoms with Crippen LogP contribution in [-0.4, -0.2) is 37.3 Å². The third kappa shape index (κ3) is 17.2.